The Morgan fingerprint density at radius 2 is 1.86 bits per heavy atom. The fourth-order valence-corrected chi connectivity index (χ4v) is 0.136. The van der Waals surface area contributed by atoms with Gasteiger partial charge in [-0.25, -0.2) is 0 Å². The van der Waals surface area contributed by atoms with Gasteiger partial charge in [-0.3, -0.25) is 4.79 Å². The van der Waals surface area contributed by atoms with E-state index in [0.717, 1.165) is 11.9 Å². The minimum absolute atomic E-state index is 0. The summed E-state index contributed by atoms with van der Waals surface area (Å²) in [6.07, 6.45) is 2.31. The van der Waals surface area contributed by atoms with Crippen LogP contribution < -0.4 is 0 Å². The van der Waals surface area contributed by atoms with Crippen LogP contribution in [0.2, 0.25) is 0 Å². The van der Waals surface area contributed by atoms with Crippen molar-refractivity contribution in [1.82, 2.24) is 0 Å². The molecule has 0 fully saturated rings. The number of hydrogen-bond acceptors (Lipinski definition) is 1. The summed E-state index contributed by atoms with van der Waals surface area (Å²) in [4.78, 5) is 9.54. The number of carbonyl (C=O) groups excluding carboxylic acids is 1. The van der Waals surface area contributed by atoms with Crippen molar-refractivity contribution in [2.24, 2.45) is 0 Å². The van der Waals surface area contributed by atoms with Crippen LogP contribution in [0.3, 0.4) is 0 Å². The minimum atomic E-state index is 0. The van der Waals surface area contributed by atoms with Crippen molar-refractivity contribution in [2.75, 3.05) is 0 Å². The first-order chi connectivity index (χ1) is 2.77. The second kappa shape index (κ2) is 6.46. The Balaban J connectivity index is 0. The van der Waals surface area contributed by atoms with Crippen LogP contribution in [0, 0.1) is 31.1 Å². The molecule has 0 aliphatic rings. The number of allylic oxidation sites excluding steroid dienone is 2. The van der Waals surface area contributed by atoms with Crippen LogP contribution in [0.25, 0.3) is 0 Å². The number of rotatable bonds is 1. The molecule has 0 N–H and O–H groups in total. The molecule has 2 heteroatoms. The van der Waals surface area contributed by atoms with Crippen molar-refractivity contribution in [1.29, 1.82) is 0 Å². The van der Waals surface area contributed by atoms with Gasteiger partial charge >= 0.3 is 0 Å². The van der Waals surface area contributed by atoms with Crippen molar-refractivity contribution in [3.05, 3.63) is 11.6 Å². The van der Waals surface area contributed by atoms with Gasteiger partial charge < -0.3 is 0 Å². The zero-order valence-electron chi connectivity index (χ0n) is 4.56. The Morgan fingerprint density at radius 1 is 1.43 bits per heavy atom. The van der Waals surface area contributed by atoms with Gasteiger partial charge in [0.05, 0.1) is 0 Å². The van der Waals surface area contributed by atoms with Gasteiger partial charge in [0, 0.05) is 31.1 Å². The largest absolute Gasteiger partial charge is 0.299 e. The first-order valence-corrected chi connectivity index (χ1v) is 1.86. The second-order valence-corrected chi connectivity index (χ2v) is 1.38. The predicted molar refractivity (Wildman–Crippen MR) is 25.5 cm³/mol. The van der Waals surface area contributed by atoms with Gasteiger partial charge in [-0.1, -0.05) is 5.57 Å². The first-order valence-electron chi connectivity index (χ1n) is 1.86. The maximum absolute atomic E-state index is 9.54. The summed E-state index contributed by atoms with van der Waals surface area (Å²) >= 11 is 0. The van der Waals surface area contributed by atoms with Gasteiger partial charge in [-0.05, 0) is 19.9 Å². The molecule has 0 spiro atoms. The van der Waals surface area contributed by atoms with E-state index in [1.54, 1.807) is 0 Å². The number of carbonyl (C=O) groups is 1. The molecule has 0 aliphatic carbocycles. The van der Waals surface area contributed by atoms with E-state index in [1.165, 1.54) is 6.08 Å². The van der Waals surface area contributed by atoms with Crippen LogP contribution >= 0.6 is 0 Å². The molecule has 0 saturated carbocycles. The Hall–Kier alpha value is 0.462. The van der Waals surface area contributed by atoms with E-state index in [9.17, 15) is 4.79 Å². The summed E-state index contributed by atoms with van der Waals surface area (Å²) < 4.78 is 0. The van der Waals surface area contributed by atoms with E-state index in [-0.39, 0.29) is 31.1 Å². The van der Waals surface area contributed by atoms with Crippen molar-refractivity contribution in [2.45, 2.75) is 13.8 Å². The third-order valence-electron chi connectivity index (χ3n) is 0.401. The fourth-order valence-electron chi connectivity index (χ4n) is 0.136. The molecule has 0 amide bonds. The standard InChI is InChI=1S/C5H8O.U/c1-5(2)3-4-6;/h3-4H,1-2H3;. The molecule has 0 radical (unpaired) electrons. The van der Waals surface area contributed by atoms with E-state index in [0.29, 0.717) is 0 Å². The van der Waals surface area contributed by atoms with Gasteiger partial charge in [0.15, 0.2) is 0 Å². The molecule has 0 aromatic carbocycles. The van der Waals surface area contributed by atoms with Gasteiger partial charge in [0.2, 0.25) is 0 Å². The molecule has 0 heterocycles. The molecule has 0 rings (SSSR count). The van der Waals surface area contributed by atoms with Gasteiger partial charge in [0.25, 0.3) is 0 Å². The van der Waals surface area contributed by atoms with Gasteiger partial charge in [0.1, 0.15) is 6.29 Å². The van der Waals surface area contributed by atoms with Crippen LogP contribution in [-0.4, -0.2) is 6.29 Å². The van der Waals surface area contributed by atoms with Crippen molar-refractivity contribution >= 4 is 6.29 Å². The van der Waals surface area contributed by atoms with Crippen molar-refractivity contribution in [3.63, 3.8) is 0 Å². The first kappa shape index (κ1) is 10.4. The fraction of sp³-hybridized carbons (Fsp3) is 0.400. The molecule has 0 bridgehead atoms. The molecule has 0 aromatic heterocycles. The summed E-state index contributed by atoms with van der Waals surface area (Å²) in [5, 5.41) is 0. The normalized spacial score (nSPS) is 6.00. The van der Waals surface area contributed by atoms with Crippen molar-refractivity contribution in [3.8, 4) is 0 Å². The molecule has 0 unspecified atom stereocenters. The van der Waals surface area contributed by atoms with Gasteiger partial charge in [-0.2, -0.15) is 0 Å². The van der Waals surface area contributed by atoms with Crippen molar-refractivity contribution < 1.29 is 35.9 Å². The molecule has 0 atom stereocenters. The van der Waals surface area contributed by atoms with E-state index in [2.05, 4.69) is 0 Å². The minimum Gasteiger partial charge on any atom is -0.299 e. The summed E-state index contributed by atoms with van der Waals surface area (Å²) in [7, 11) is 0. The molecule has 0 saturated heterocycles. The maximum atomic E-state index is 9.54. The average molecular weight is 322 g/mol. The smallest absolute Gasteiger partial charge is 0.142 e. The Labute approximate surface area is 67.6 Å². The number of aldehydes is 1. The second-order valence-electron chi connectivity index (χ2n) is 1.38. The molecule has 0 aliphatic heterocycles. The molecule has 38 valence electrons. The summed E-state index contributed by atoms with van der Waals surface area (Å²) in [6.45, 7) is 3.77. The Kier molecular flexibility index (Phi) is 9.64. The monoisotopic (exact) mass is 322 g/mol. The van der Waals surface area contributed by atoms with E-state index in [4.69, 9.17) is 0 Å². The Morgan fingerprint density at radius 3 is 1.86 bits per heavy atom. The van der Waals surface area contributed by atoms with E-state index < -0.39 is 0 Å². The average Bonchev–Trinajstić information content (AvgIpc) is 1.35. The van der Waals surface area contributed by atoms with Crippen LogP contribution in [-0.2, 0) is 4.79 Å². The molecule has 7 heavy (non-hydrogen) atoms. The van der Waals surface area contributed by atoms with E-state index >= 15 is 0 Å². The maximum Gasteiger partial charge on any atom is 0.142 e. The van der Waals surface area contributed by atoms with Crippen LogP contribution in [0.5, 0.6) is 0 Å². The van der Waals surface area contributed by atoms with E-state index in [1.807, 2.05) is 13.8 Å². The quantitative estimate of drug-likeness (QED) is 0.523. The summed E-state index contributed by atoms with van der Waals surface area (Å²) in [5.41, 5.74) is 1.05. The Bertz CT molecular complexity index is 72.1. The molecular formula is C5H8OU. The topological polar surface area (TPSA) is 17.1 Å². The van der Waals surface area contributed by atoms with Crippen LogP contribution in [0.1, 0.15) is 13.8 Å². The number of hydrogen-bond donors (Lipinski definition) is 0. The molecular weight excluding hydrogens is 314 g/mol. The SMILES string of the molecule is CC(C)=CC=O.[U]. The van der Waals surface area contributed by atoms with Crippen LogP contribution in [0.15, 0.2) is 11.6 Å². The summed E-state index contributed by atoms with van der Waals surface area (Å²) in [6, 6.07) is 0. The predicted octanol–water partition coefficient (Wildman–Crippen LogP) is 1.15. The summed E-state index contributed by atoms with van der Waals surface area (Å²) in [5.74, 6) is 0. The zero-order valence-corrected chi connectivity index (χ0v) is 8.73. The zero-order chi connectivity index (χ0) is 4.99. The van der Waals surface area contributed by atoms with Crippen LogP contribution in [0.4, 0.5) is 0 Å². The molecule has 0 aromatic rings. The van der Waals surface area contributed by atoms with Gasteiger partial charge in [-0.15, -0.1) is 0 Å². The third kappa shape index (κ3) is 10.7. The third-order valence-corrected chi connectivity index (χ3v) is 0.401. The molecule has 1 nitrogen and oxygen atoms in total.